The Morgan fingerprint density at radius 3 is 2.67 bits per heavy atom. The van der Waals surface area contributed by atoms with Crippen LogP contribution in [0.25, 0.3) is 0 Å². The molecule has 0 unspecified atom stereocenters. The second-order valence-electron chi connectivity index (χ2n) is 1.55. The second kappa shape index (κ2) is 2.58. The minimum atomic E-state index is 0.633. The first-order chi connectivity index (χ1) is 4.22. The SMILES string of the molecule is Nc1c(S)cncc1Br. The molecule has 0 amide bonds. The molecular weight excluding hydrogens is 200 g/mol. The van der Waals surface area contributed by atoms with Gasteiger partial charge in [-0.1, -0.05) is 0 Å². The summed E-state index contributed by atoms with van der Waals surface area (Å²) >= 11 is 7.26. The van der Waals surface area contributed by atoms with Gasteiger partial charge in [0.1, 0.15) is 0 Å². The first-order valence-corrected chi connectivity index (χ1v) is 3.54. The van der Waals surface area contributed by atoms with Crippen molar-refractivity contribution in [2.24, 2.45) is 0 Å². The molecule has 2 N–H and O–H groups in total. The molecule has 0 aliphatic carbocycles. The zero-order chi connectivity index (χ0) is 6.85. The van der Waals surface area contributed by atoms with Gasteiger partial charge in [-0.15, -0.1) is 12.6 Å². The van der Waals surface area contributed by atoms with E-state index in [1.165, 1.54) is 0 Å². The minimum Gasteiger partial charge on any atom is -0.397 e. The van der Waals surface area contributed by atoms with Gasteiger partial charge >= 0.3 is 0 Å². The van der Waals surface area contributed by atoms with E-state index in [0.29, 0.717) is 10.6 Å². The molecule has 1 rings (SSSR count). The summed E-state index contributed by atoms with van der Waals surface area (Å²) in [5, 5.41) is 0. The molecule has 2 nitrogen and oxygen atoms in total. The van der Waals surface area contributed by atoms with E-state index in [2.05, 4.69) is 33.5 Å². The molecule has 1 heterocycles. The molecule has 4 heteroatoms. The van der Waals surface area contributed by atoms with Gasteiger partial charge in [0.2, 0.25) is 0 Å². The van der Waals surface area contributed by atoms with E-state index < -0.39 is 0 Å². The Morgan fingerprint density at radius 1 is 1.56 bits per heavy atom. The van der Waals surface area contributed by atoms with Crippen LogP contribution in [0.3, 0.4) is 0 Å². The van der Waals surface area contributed by atoms with Gasteiger partial charge in [0.25, 0.3) is 0 Å². The lowest BCUT2D eigenvalue weighted by Gasteiger charge is -1.97. The first-order valence-electron chi connectivity index (χ1n) is 2.30. The molecule has 0 saturated heterocycles. The fraction of sp³-hybridized carbons (Fsp3) is 0. The highest BCUT2D eigenvalue weighted by molar-refractivity contribution is 9.10. The third kappa shape index (κ3) is 1.37. The summed E-state index contributed by atoms with van der Waals surface area (Å²) in [6.45, 7) is 0. The third-order valence-electron chi connectivity index (χ3n) is 0.918. The Labute approximate surface area is 67.0 Å². The van der Waals surface area contributed by atoms with E-state index >= 15 is 0 Å². The summed E-state index contributed by atoms with van der Waals surface area (Å²) in [7, 11) is 0. The van der Waals surface area contributed by atoms with E-state index in [9.17, 15) is 0 Å². The zero-order valence-electron chi connectivity index (χ0n) is 4.50. The van der Waals surface area contributed by atoms with Crippen LogP contribution < -0.4 is 5.73 Å². The van der Waals surface area contributed by atoms with E-state index in [1.807, 2.05) is 0 Å². The minimum absolute atomic E-state index is 0.633. The summed E-state index contributed by atoms with van der Waals surface area (Å²) in [4.78, 5) is 4.54. The molecule has 0 saturated carbocycles. The van der Waals surface area contributed by atoms with Gasteiger partial charge in [0.15, 0.2) is 0 Å². The van der Waals surface area contributed by atoms with Gasteiger partial charge in [0.05, 0.1) is 10.2 Å². The molecule has 1 aromatic rings. The Kier molecular flexibility index (Phi) is 1.97. The molecule has 0 aliphatic heterocycles. The number of nitrogen functional groups attached to an aromatic ring is 1. The molecule has 0 fully saturated rings. The molecule has 0 atom stereocenters. The predicted octanol–water partition coefficient (Wildman–Crippen LogP) is 1.71. The smallest absolute Gasteiger partial charge is 0.0625 e. The van der Waals surface area contributed by atoms with Crippen LogP contribution in [-0.4, -0.2) is 4.98 Å². The normalized spacial score (nSPS) is 9.56. The van der Waals surface area contributed by atoms with Gasteiger partial charge < -0.3 is 5.73 Å². The third-order valence-corrected chi connectivity index (χ3v) is 1.91. The lowest BCUT2D eigenvalue weighted by atomic mass is 10.4. The summed E-state index contributed by atoms with van der Waals surface area (Å²) < 4.78 is 0.787. The van der Waals surface area contributed by atoms with Gasteiger partial charge in [-0.05, 0) is 15.9 Å². The van der Waals surface area contributed by atoms with Crippen molar-refractivity contribution < 1.29 is 0 Å². The molecule has 0 aliphatic rings. The van der Waals surface area contributed by atoms with Crippen molar-refractivity contribution >= 4 is 34.2 Å². The summed E-state index contributed by atoms with van der Waals surface area (Å²) in [6.07, 6.45) is 3.23. The Balaban J connectivity index is 3.25. The maximum absolute atomic E-state index is 5.52. The van der Waals surface area contributed by atoms with Gasteiger partial charge in [0, 0.05) is 17.3 Å². The highest BCUT2D eigenvalue weighted by Crippen LogP contribution is 2.23. The number of halogens is 1. The van der Waals surface area contributed by atoms with Crippen LogP contribution in [0.15, 0.2) is 21.8 Å². The molecule has 9 heavy (non-hydrogen) atoms. The number of nitrogens with zero attached hydrogens (tertiary/aromatic N) is 1. The van der Waals surface area contributed by atoms with E-state index in [-0.39, 0.29) is 0 Å². The number of rotatable bonds is 0. The van der Waals surface area contributed by atoms with Crippen LogP contribution in [0.1, 0.15) is 0 Å². The number of hydrogen-bond acceptors (Lipinski definition) is 3. The number of nitrogens with two attached hydrogens (primary N) is 1. The molecule has 0 aromatic carbocycles. The number of pyridine rings is 1. The standard InChI is InChI=1S/C5H5BrN2S/c6-3-1-8-2-4(9)5(3)7/h1-2,9H,(H2,7,8). The maximum Gasteiger partial charge on any atom is 0.0625 e. The average Bonchev–Trinajstić information content (AvgIpc) is 1.83. The Bertz CT molecular complexity index is 206. The maximum atomic E-state index is 5.52. The highest BCUT2D eigenvalue weighted by atomic mass is 79.9. The molecule has 0 radical (unpaired) electrons. The van der Waals surface area contributed by atoms with Crippen LogP contribution in [0, 0.1) is 0 Å². The van der Waals surface area contributed by atoms with Crippen molar-refractivity contribution in [1.29, 1.82) is 0 Å². The Morgan fingerprint density at radius 2 is 2.22 bits per heavy atom. The number of anilines is 1. The summed E-state index contributed by atoms with van der Waals surface area (Å²) in [5.41, 5.74) is 6.15. The largest absolute Gasteiger partial charge is 0.397 e. The molecular formula is C5H5BrN2S. The lowest BCUT2D eigenvalue weighted by Crippen LogP contribution is -1.88. The highest BCUT2D eigenvalue weighted by Gasteiger charge is 1.96. The fourth-order valence-electron chi connectivity index (χ4n) is 0.435. The van der Waals surface area contributed by atoms with Crippen LogP contribution in [0.5, 0.6) is 0 Å². The quantitative estimate of drug-likeness (QED) is 0.633. The van der Waals surface area contributed by atoms with Crippen molar-refractivity contribution in [3.05, 3.63) is 16.9 Å². The van der Waals surface area contributed by atoms with Gasteiger partial charge in [-0.3, -0.25) is 4.98 Å². The molecule has 0 spiro atoms. The Hall–Kier alpha value is -0.220. The zero-order valence-corrected chi connectivity index (χ0v) is 6.98. The van der Waals surface area contributed by atoms with E-state index in [4.69, 9.17) is 5.73 Å². The summed E-state index contributed by atoms with van der Waals surface area (Å²) in [6, 6.07) is 0. The molecule has 48 valence electrons. The number of hydrogen-bond donors (Lipinski definition) is 2. The van der Waals surface area contributed by atoms with Crippen molar-refractivity contribution in [3.63, 3.8) is 0 Å². The molecule has 0 bridgehead atoms. The van der Waals surface area contributed by atoms with Gasteiger partial charge in [-0.25, -0.2) is 0 Å². The average molecular weight is 205 g/mol. The van der Waals surface area contributed by atoms with Crippen molar-refractivity contribution in [2.45, 2.75) is 4.90 Å². The van der Waals surface area contributed by atoms with Crippen molar-refractivity contribution in [1.82, 2.24) is 4.98 Å². The van der Waals surface area contributed by atoms with Gasteiger partial charge in [-0.2, -0.15) is 0 Å². The number of aromatic nitrogens is 1. The van der Waals surface area contributed by atoms with Crippen LogP contribution in [0.4, 0.5) is 5.69 Å². The van der Waals surface area contributed by atoms with Crippen LogP contribution in [-0.2, 0) is 0 Å². The fourth-order valence-corrected chi connectivity index (χ4v) is 1.11. The summed E-state index contributed by atoms with van der Waals surface area (Å²) in [5.74, 6) is 0. The van der Waals surface area contributed by atoms with E-state index in [0.717, 1.165) is 4.47 Å². The molecule has 1 aromatic heterocycles. The van der Waals surface area contributed by atoms with Crippen LogP contribution in [0.2, 0.25) is 0 Å². The first kappa shape index (κ1) is 6.89. The predicted molar refractivity (Wildman–Crippen MR) is 43.6 cm³/mol. The van der Waals surface area contributed by atoms with Crippen LogP contribution >= 0.6 is 28.6 Å². The van der Waals surface area contributed by atoms with E-state index in [1.54, 1.807) is 12.4 Å². The monoisotopic (exact) mass is 204 g/mol. The van der Waals surface area contributed by atoms with Crippen molar-refractivity contribution in [3.8, 4) is 0 Å². The lowest BCUT2D eigenvalue weighted by molar-refractivity contribution is 1.23. The topological polar surface area (TPSA) is 38.9 Å². The second-order valence-corrected chi connectivity index (χ2v) is 2.89. The van der Waals surface area contributed by atoms with Crippen molar-refractivity contribution in [2.75, 3.05) is 5.73 Å². The number of thiol groups is 1.